The van der Waals surface area contributed by atoms with E-state index in [9.17, 15) is 15.0 Å². The molecule has 1 amide bonds. The lowest BCUT2D eigenvalue weighted by molar-refractivity contribution is -0.135. The van der Waals surface area contributed by atoms with E-state index in [4.69, 9.17) is 0 Å². The summed E-state index contributed by atoms with van der Waals surface area (Å²) in [5, 5.41) is 18.6. The van der Waals surface area contributed by atoms with Crippen molar-refractivity contribution in [2.75, 3.05) is 6.54 Å². The number of carbonyl (C=O) groups is 1. The first-order valence-corrected chi connectivity index (χ1v) is 4.34. The SMILES string of the molecule is O=C1CCC2CC(O)C(O)CN12. The van der Waals surface area contributed by atoms with Crippen LogP contribution in [0.2, 0.25) is 0 Å². The summed E-state index contributed by atoms with van der Waals surface area (Å²) in [7, 11) is 0. The van der Waals surface area contributed by atoms with Crippen LogP contribution in [0.25, 0.3) is 0 Å². The number of amides is 1. The fraction of sp³-hybridized carbons (Fsp3) is 0.875. The minimum absolute atomic E-state index is 0.117. The van der Waals surface area contributed by atoms with E-state index in [-0.39, 0.29) is 11.9 Å². The molecule has 0 aromatic rings. The molecule has 0 aliphatic carbocycles. The third-order valence-corrected chi connectivity index (χ3v) is 2.79. The van der Waals surface area contributed by atoms with Crippen LogP contribution in [0.4, 0.5) is 0 Å². The Balaban J connectivity index is 2.09. The molecular formula is C8H13NO3. The number of aliphatic hydroxyl groups is 2. The molecule has 0 bridgehead atoms. The fourth-order valence-corrected chi connectivity index (χ4v) is 2.05. The maximum absolute atomic E-state index is 11.2. The van der Waals surface area contributed by atoms with Gasteiger partial charge in [-0.25, -0.2) is 0 Å². The summed E-state index contributed by atoms with van der Waals surface area (Å²) < 4.78 is 0. The standard InChI is InChI=1S/C8H13NO3/c10-6-3-5-1-2-8(12)9(5)4-7(6)11/h5-7,10-11H,1-4H2. The van der Waals surface area contributed by atoms with Crippen molar-refractivity contribution in [2.24, 2.45) is 0 Å². The predicted octanol–water partition coefficient (Wildman–Crippen LogP) is -0.897. The van der Waals surface area contributed by atoms with Crippen molar-refractivity contribution < 1.29 is 15.0 Å². The first kappa shape index (κ1) is 8.01. The van der Waals surface area contributed by atoms with Gasteiger partial charge in [-0.1, -0.05) is 0 Å². The van der Waals surface area contributed by atoms with Crippen molar-refractivity contribution in [3.05, 3.63) is 0 Å². The van der Waals surface area contributed by atoms with E-state index in [1.165, 1.54) is 0 Å². The zero-order chi connectivity index (χ0) is 8.72. The van der Waals surface area contributed by atoms with E-state index in [0.29, 0.717) is 19.4 Å². The summed E-state index contributed by atoms with van der Waals surface area (Å²) >= 11 is 0. The first-order valence-electron chi connectivity index (χ1n) is 4.34. The second kappa shape index (κ2) is 2.71. The zero-order valence-electron chi connectivity index (χ0n) is 6.81. The molecule has 3 atom stereocenters. The fourth-order valence-electron chi connectivity index (χ4n) is 2.05. The van der Waals surface area contributed by atoms with Crippen LogP contribution in [0.1, 0.15) is 19.3 Å². The molecule has 0 aromatic carbocycles. The van der Waals surface area contributed by atoms with Crippen LogP contribution >= 0.6 is 0 Å². The van der Waals surface area contributed by atoms with Gasteiger partial charge in [-0.3, -0.25) is 4.79 Å². The molecule has 4 nitrogen and oxygen atoms in total. The Morgan fingerprint density at radius 2 is 2.08 bits per heavy atom. The van der Waals surface area contributed by atoms with Crippen LogP contribution in [0, 0.1) is 0 Å². The number of hydrogen-bond acceptors (Lipinski definition) is 3. The van der Waals surface area contributed by atoms with Gasteiger partial charge >= 0.3 is 0 Å². The maximum Gasteiger partial charge on any atom is 0.222 e. The van der Waals surface area contributed by atoms with Gasteiger partial charge in [0.05, 0.1) is 12.2 Å². The van der Waals surface area contributed by atoms with Gasteiger partial charge in [-0.05, 0) is 12.8 Å². The lowest BCUT2D eigenvalue weighted by atomic mass is 9.98. The number of aliphatic hydroxyl groups excluding tert-OH is 2. The second-order valence-electron chi connectivity index (χ2n) is 3.61. The Bertz CT molecular complexity index is 206. The monoisotopic (exact) mass is 171 g/mol. The number of hydrogen-bond donors (Lipinski definition) is 2. The van der Waals surface area contributed by atoms with Crippen LogP contribution in [-0.2, 0) is 4.79 Å². The van der Waals surface area contributed by atoms with Crippen LogP contribution in [0.15, 0.2) is 0 Å². The molecule has 2 rings (SSSR count). The highest BCUT2D eigenvalue weighted by Gasteiger charge is 2.39. The molecule has 2 aliphatic rings. The van der Waals surface area contributed by atoms with Gasteiger partial charge in [0.1, 0.15) is 0 Å². The highest BCUT2D eigenvalue weighted by Crippen LogP contribution is 2.27. The molecule has 2 saturated heterocycles. The largest absolute Gasteiger partial charge is 0.390 e. The van der Waals surface area contributed by atoms with Crippen molar-refractivity contribution in [2.45, 2.75) is 37.5 Å². The third-order valence-electron chi connectivity index (χ3n) is 2.79. The molecule has 0 saturated carbocycles. The number of piperidine rings is 1. The molecule has 2 aliphatic heterocycles. The van der Waals surface area contributed by atoms with Crippen LogP contribution in [0.3, 0.4) is 0 Å². The van der Waals surface area contributed by atoms with Crippen LogP contribution < -0.4 is 0 Å². The molecule has 0 spiro atoms. The van der Waals surface area contributed by atoms with E-state index in [0.717, 1.165) is 6.42 Å². The topological polar surface area (TPSA) is 60.8 Å². The van der Waals surface area contributed by atoms with E-state index in [2.05, 4.69) is 0 Å². The van der Waals surface area contributed by atoms with Crippen molar-refractivity contribution >= 4 is 5.91 Å². The smallest absolute Gasteiger partial charge is 0.222 e. The number of nitrogens with zero attached hydrogens (tertiary/aromatic N) is 1. The average molecular weight is 171 g/mol. The number of fused-ring (bicyclic) bond motifs is 1. The van der Waals surface area contributed by atoms with Gasteiger partial charge in [0, 0.05) is 19.0 Å². The van der Waals surface area contributed by atoms with Gasteiger partial charge in [0.2, 0.25) is 5.91 Å². The zero-order valence-corrected chi connectivity index (χ0v) is 6.81. The number of carbonyl (C=O) groups excluding carboxylic acids is 1. The van der Waals surface area contributed by atoms with E-state index < -0.39 is 12.2 Å². The van der Waals surface area contributed by atoms with Crippen molar-refractivity contribution in [3.8, 4) is 0 Å². The first-order chi connectivity index (χ1) is 5.68. The van der Waals surface area contributed by atoms with E-state index in [1.807, 2.05) is 0 Å². The predicted molar refractivity (Wildman–Crippen MR) is 41.4 cm³/mol. The summed E-state index contributed by atoms with van der Waals surface area (Å²) in [5.41, 5.74) is 0. The molecule has 3 unspecified atom stereocenters. The number of rotatable bonds is 0. The normalized spacial score (nSPS) is 41.7. The van der Waals surface area contributed by atoms with Gasteiger partial charge in [0.15, 0.2) is 0 Å². The molecule has 2 heterocycles. The van der Waals surface area contributed by atoms with Crippen molar-refractivity contribution in [1.29, 1.82) is 0 Å². The van der Waals surface area contributed by atoms with Gasteiger partial charge < -0.3 is 15.1 Å². The maximum atomic E-state index is 11.2. The quantitative estimate of drug-likeness (QED) is 0.496. The highest BCUT2D eigenvalue weighted by molar-refractivity contribution is 5.79. The Hall–Kier alpha value is -0.610. The summed E-state index contributed by atoms with van der Waals surface area (Å²) in [4.78, 5) is 12.9. The van der Waals surface area contributed by atoms with Gasteiger partial charge in [-0.2, -0.15) is 0 Å². The lowest BCUT2D eigenvalue weighted by Gasteiger charge is -2.35. The molecule has 12 heavy (non-hydrogen) atoms. The summed E-state index contributed by atoms with van der Waals surface area (Å²) in [5.74, 6) is 0.117. The summed E-state index contributed by atoms with van der Waals surface area (Å²) in [6.45, 7) is 0.310. The van der Waals surface area contributed by atoms with Crippen molar-refractivity contribution in [1.82, 2.24) is 4.90 Å². The van der Waals surface area contributed by atoms with Crippen LogP contribution in [0.5, 0.6) is 0 Å². The molecular weight excluding hydrogens is 158 g/mol. The summed E-state index contributed by atoms with van der Waals surface area (Å²) in [6.07, 6.45) is 0.556. The molecule has 68 valence electrons. The molecule has 2 N–H and O–H groups in total. The minimum atomic E-state index is -0.747. The second-order valence-corrected chi connectivity index (χ2v) is 3.61. The van der Waals surface area contributed by atoms with E-state index in [1.54, 1.807) is 4.90 Å². The van der Waals surface area contributed by atoms with Gasteiger partial charge in [-0.15, -0.1) is 0 Å². The lowest BCUT2D eigenvalue weighted by Crippen LogP contribution is -2.50. The Kier molecular flexibility index (Phi) is 1.81. The van der Waals surface area contributed by atoms with Crippen molar-refractivity contribution in [3.63, 3.8) is 0 Å². The molecule has 0 radical (unpaired) electrons. The minimum Gasteiger partial charge on any atom is -0.390 e. The highest BCUT2D eigenvalue weighted by atomic mass is 16.3. The molecule has 2 fully saturated rings. The Morgan fingerprint density at radius 3 is 2.83 bits per heavy atom. The van der Waals surface area contributed by atoms with Gasteiger partial charge in [0.25, 0.3) is 0 Å². The average Bonchev–Trinajstić information content (AvgIpc) is 2.35. The summed E-state index contributed by atoms with van der Waals surface area (Å²) in [6, 6.07) is 0.177. The molecule has 0 aromatic heterocycles. The Morgan fingerprint density at radius 1 is 1.33 bits per heavy atom. The third kappa shape index (κ3) is 1.11. The van der Waals surface area contributed by atoms with Crippen LogP contribution in [-0.4, -0.2) is 45.8 Å². The Labute approximate surface area is 70.8 Å². The van der Waals surface area contributed by atoms with E-state index >= 15 is 0 Å². The molecule has 4 heteroatoms.